The van der Waals surface area contributed by atoms with E-state index in [0.29, 0.717) is 10.8 Å². The fourth-order valence-electron chi connectivity index (χ4n) is 2.06. The Labute approximate surface area is 156 Å². The molecule has 0 spiro atoms. The lowest BCUT2D eigenvalue weighted by atomic mass is 10.2. The number of ether oxygens (including phenoxy) is 2. The van der Waals surface area contributed by atoms with Gasteiger partial charge in [0.25, 0.3) is 5.91 Å². The van der Waals surface area contributed by atoms with Gasteiger partial charge in [-0.05, 0) is 49.7 Å². The van der Waals surface area contributed by atoms with Crippen LogP contribution in [0.3, 0.4) is 0 Å². The van der Waals surface area contributed by atoms with E-state index >= 15 is 0 Å². The largest absolute Gasteiger partial charge is 0.479 e. The lowest BCUT2D eigenvalue weighted by Crippen LogP contribution is -2.38. The Morgan fingerprint density at radius 3 is 2.38 bits per heavy atom. The van der Waals surface area contributed by atoms with Crippen LogP contribution in [-0.2, 0) is 20.9 Å². The summed E-state index contributed by atoms with van der Waals surface area (Å²) in [5, 5.41) is 3.20. The van der Waals surface area contributed by atoms with E-state index in [2.05, 4.69) is 5.32 Å². The van der Waals surface area contributed by atoms with E-state index in [4.69, 9.17) is 21.1 Å². The number of carbonyl (C=O) groups excluding carboxylic acids is 2. The monoisotopic (exact) mass is 379 g/mol. The zero-order valence-corrected chi connectivity index (χ0v) is 15.1. The van der Waals surface area contributed by atoms with E-state index < -0.39 is 29.9 Å². The molecule has 2 aromatic rings. The molecular formula is C19H19ClFNO4. The quantitative estimate of drug-likeness (QED) is 0.748. The standard InChI is InChI=1S/C19H19ClFNO4/c1-12(18(23)22-11-14-5-3-4-6-17(14)20)26-19(24)13(2)25-16-9-7-15(21)8-10-16/h3-10,12-13H,11H2,1-2H3,(H,22,23)/t12-,13+/m0/s1. The minimum absolute atomic E-state index is 0.224. The Balaban J connectivity index is 1.82. The normalized spacial score (nSPS) is 12.8. The Bertz CT molecular complexity index is 766. The van der Waals surface area contributed by atoms with Crippen molar-refractivity contribution in [3.8, 4) is 5.75 Å². The Hall–Kier alpha value is -2.60. The number of hydrogen-bond donors (Lipinski definition) is 1. The van der Waals surface area contributed by atoms with Crippen LogP contribution in [0.2, 0.25) is 5.02 Å². The molecule has 7 heteroatoms. The molecule has 0 fully saturated rings. The van der Waals surface area contributed by atoms with Crippen LogP contribution in [0.1, 0.15) is 19.4 Å². The molecule has 138 valence electrons. The number of rotatable bonds is 7. The molecule has 26 heavy (non-hydrogen) atoms. The van der Waals surface area contributed by atoms with Crippen LogP contribution in [0.4, 0.5) is 4.39 Å². The highest BCUT2D eigenvalue weighted by molar-refractivity contribution is 6.31. The molecule has 0 bridgehead atoms. The van der Waals surface area contributed by atoms with Gasteiger partial charge in [-0.3, -0.25) is 4.79 Å². The number of hydrogen-bond acceptors (Lipinski definition) is 4. The first-order valence-electron chi connectivity index (χ1n) is 8.00. The van der Waals surface area contributed by atoms with Gasteiger partial charge in [-0.25, -0.2) is 9.18 Å². The minimum Gasteiger partial charge on any atom is -0.479 e. The topological polar surface area (TPSA) is 64.6 Å². The molecule has 1 N–H and O–H groups in total. The van der Waals surface area contributed by atoms with Crippen LogP contribution in [0.25, 0.3) is 0 Å². The maximum absolute atomic E-state index is 12.9. The van der Waals surface area contributed by atoms with Gasteiger partial charge in [0, 0.05) is 11.6 Å². The lowest BCUT2D eigenvalue weighted by Gasteiger charge is -2.18. The van der Waals surface area contributed by atoms with Crippen LogP contribution in [0.15, 0.2) is 48.5 Å². The molecule has 0 aliphatic rings. The van der Waals surface area contributed by atoms with Crippen LogP contribution in [0.5, 0.6) is 5.75 Å². The molecule has 0 radical (unpaired) electrons. The van der Waals surface area contributed by atoms with Crippen molar-refractivity contribution < 1.29 is 23.5 Å². The fraction of sp³-hybridized carbons (Fsp3) is 0.263. The predicted octanol–water partition coefficient (Wildman–Crippen LogP) is 3.49. The minimum atomic E-state index is -0.996. The summed E-state index contributed by atoms with van der Waals surface area (Å²) in [5.74, 6) is -1.23. The summed E-state index contributed by atoms with van der Waals surface area (Å²) in [7, 11) is 0. The first-order valence-corrected chi connectivity index (χ1v) is 8.38. The van der Waals surface area contributed by atoms with E-state index in [-0.39, 0.29) is 6.54 Å². The smallest absolute Gasteiger partial charge is 0.347 e. The lowest BCUT2D eigenvalue weighted by molar-refractivity contribution is -0.160. The van der Waals surface area contributed by atoms with Gasteiger partial charge < -0.3 is 14.8 Å². The average molecular weight is 380 g/mol. The van der Waals surface area contributed by atoms with Gasteiger partial charge in [0.1, 0.15) is 11.6 Å². The first-order chi connectivity index (χ1) is 12.4. The van der Waals surface area contributed by atoms with Gasteiger partial charge >= 0.3 is 5.97 Å². The van der Waals surface area contributed by atoms with E-state index in [1.54, 1.807) is 18.2 Å². The second-order valence-electron chi connectivity index (χ2n) is 5.60. The molecule has 0 saturated heterocycles. The summed E-state index contributed by atoms with van der Waals surface area (Å²) in [6.45, 7) is 3.17. The van der Waals surface area contributed by atoms with Gasteiger partial charge in [0.05, 0.1) is 0 Å². The third-order valence-corrected chi connectivity index (χ3v) is 3.90. The van der Waals surface area contributed by atoms with Crippen molar-refractivity contribution in [2.24, 2.45) is 0 Å². The predicted molar refractivity (Wildman–Crippen MR) is 95.3 cm³/mol. The van der Waals surface area contributed by atoms with Crippen molar-refractivity contribution in [2.45, 2.75) is 32.6 Å². The summed E-state index contributed by atoms with van der Waals surface area (Å²) in [4.78, 5) is 24.1. The average Bonchev–Trinajstić information content (AvgIpc) is 2.62. The maximum atomic E-state index is 12.9. The number of nitrogens with one attached hydrogen (secondary N) is 1. The van der Waals surface area contributed by atoms with Crippen molar-refractivity contribution in [3.63, 3.8) is 0 Å². The molecule has 0 heterocycles. The van der Waals surface area contributed by atoms with E-state index in [1.807, 2.05) is 6.07 Å². The van der Waals surface area contributed by atoms with E-state index in [9.17, 15) is 14.0 Å². The SMILES string of the molecule is C[C@H](OC(=O)[C@@H](C)Oc1ccc(F)cc1)C(=O)NCc1ccccc1Cl. The van der Waals surface area contributed by atoms with Crippen molar-refractivity contribution >= 4 is 23.5 Å². The van der Waals surface area contributed by atoms with Crippen LogP contribution >= 0.6 is 11.6 Å². The summed E-state index contributed by atoms with van der Waals surface area (Å²) in [6.07, 6.45) is -1.94. The van der Waals surface area contributed by atoms with Crippen molar-refractivity contribution in [2.75, 3.05) is 0 Å². The fourth-order valence-corrected chi connectivity index (χ4v) is 2.26. The third-order valence-electron chi connectivity index (χ3n) is 3.53. The molecule has 0 saturated carbocycles. The van der Waals surface area contributed by atoms with Crippen LogP contribution in [0, 0.1) is 5.82 Å². The molecule has 0 unspecified atom stereocenters. The molecular weight excluding hydrogens is 361 g/mol. The third kappa shape index (κ3) is 5.74. The van der Waals surface area contributed by atoms with Gasteiger partial charge in [0.15, 0.2) is 12.2 Å². The van der Waals surface area contributed by atoms with E-state index in [0.717, 1.165) is 5.56 Å². The van der Waals surface area contributed by atoms with Gasteiger partial charge in [0.2, 0.25) is 0 Å². The second kappa shape index (κ2) is 9.20. The summed E-state index contributed by atoms with van der Waals surface area (Å²) >= 11 is 6.02. The zero-order chi connectivity index (χ0) is 19.1. The van der Waals surface area contributed by atoms with Gasteiger partial charge in [-0.2, -0.15) is 0 Å². The number of amides is 1. The van der Waals surface area contributed by atoms with Crippen molar-refractivity contribution in [1.82, 2.24) is 5.32 Å². The maximum Gasteiger partial charge on any atom is 0.347 e. The molecule has 2 rings (SSSR count). The Morgan fingerprint density at radius 2 is 1.73 bits per heavy atom. The van der Waals surface area contributed by atoms with Crippen LogP contribution in [-0.4, -0.2) is 24.1 Å². The molecule has 1 amide bonds. The number of esters is 1. The molecule has 0 aromatic heterocycles. The highest BCUT2D eigenvalue weighted by Gasteiger charge is 2.23. The number of halogens is 2. The van der Waals surface area contributed by atoms with Gasteiger partial charge in [-0.1, -0.05) is 29.8 Å². The number of benzene rings is 2. The van der Waals surface area contributed by atoms with Crippen molar-refractivity contribution in [1.29, 1.82) is 0 Å². The van der Waals surface area contributed by atoms with E-state index in [1.165, 1.54) is 38.1 Å². The molecule has 0 aliphatic heterocycles. The second-order valence-corrected chi connectivity index (χ2v) is 6.01. The number of carbonyl (C=O) groups is 2. The zero-order valence-electron chi connectivity index (χ0n) is 14.4. The van der Waals surface area contributed by atoms with Crippen LogP contribution < -0.4 is 10.1 Å². The van der Waals surface area contributed by atoms with Gasteiger partial charge in [-0.15, -0.1) is 0 Å². The molecule has 5 nitrogen and oxygen atoms in total. The van der Waals surface area contributed by atoms with Crippen molar-refractivity contribution in [3.05, 3.63) is 64.9 Å². The Morgan fingerprint density at radius 1 is 1.08 bits per heavy atom. The summed E-state index contributed by atoms with van der Waals surface area (Å²) < 4.78 is 23.3. The first kappa shape index (κ1) is 19.7. The molecule has 2 aromatic carbocycles. The highest BCUT2D eigenvalue weighted by Crippen LogP contribution is 2.15. The highest BCUT2D eigenvalue weighted by atomic mass is 35.5. The summed E-state index contributed by atoms with van der Waals surface area (Å²) in [6, 6.07) is 12.4. The summed E-state index contributed by atoms with van der Waals surface area (Å²) in [5.41, 5.74) is 0.758. The molecule has 2 atom stereocenters. The Kier molecular flexibility index (Phi) is 6.97. The molecule has 0 aliphatic carbocycles.